The number of carbonyl (C=O) groups is 1. The third-order valence-corrected chi connectivity index (χ3v) is 0.734. The largest absolute Gasteiger partial charge is 0.509 e. The summed E-state index contributed by atoms with van der Waals surface area (Å²) in [7, 11) is 0. The molecule has 0 saturated carbocycles. The molecule has 0 amide bonds. The number of hydrogen-bond acceptors (Lipinski definition) is 3. The second-order valence-corrected chi connectivity index (χ2v) is 1.36. The van der Waals surface area contributed by atoms with Gasteiger partial charge in [-0.25, -0.2) is 0 Å². The van der Waals surface area contributed by atoms with Crippen molar-refractivity contribution in [2.75, 3.05) is 0 Å². The van der Waals surface area contributed by atoms with E-state index in [0.717, 1.165) is 0 Å². The van der Waals surface area contributed by atoms with Crippen molar-refractivity contribution in [3.05, 3.63) is 11.5 Å². The van der Waals surface area contributed by atoms with Crippen LogP contribution in [-0.4, -0.2) is 11.6 Å². The molecule has 3 heteroatoms. The van der Waals surface area contributed by atoms with Gasteiger partial charge in [0.05, 0.1) is 0 Å². The van der Waals surface area contributed by atoms with Crippen molar-refractivity contribution in [2.24, 2.45) is 0 Å². The first kappa shape index (κ1) is 7.01. The van der Waals surface area contributed by atoms with E-state index in [-0.39, 0.29) is 18.0 Å². The number of ether oxygens (including phenoxy) is 1. The van der Waals surface area contributed by atoms with Crippen LogP contribution in [0.25, 0.3) is 0 Å². The maximum absolute atomic E-state index is 9.55. The number of aliphatic hydroxyl groups excluding tert-OH is 1. The van der Waals surface area contributed by atoms with Gasteiger partial charge in [-0.15, -0.1) is 0 Å². The first-order valence-corrected chi connectivity index (χ1v) is 2.15. The van der Waals surface area contributed by atoms with Crippen molar-refractivity contribution in [3.8, 4) is 0 Å². The molecule has 1 N–H and O–H groups in total. The topological polar surface area (TPSA) is 46.5 Å². The molecule has 0 saturated heterocycles. The molecular weight excluding hydrogens is 108 g/mol. The molecule has 0 heterocycles. The average Bonchev–Trinajstić information content (AvgIpc) is 1.67. The zero-order valence-electron chi connectivity index (χ0n) is 4.84. The third-order valence-electron chi connectivity index (χ3n) is 0.734. The number of hydrogen-bond donors (Lipinski definition) is 1. The Hall–Kier alpha value is -0.990. The highest BCUT2D eigenvalue weighted by Gasteiger charge is 1.90. The highest BCUT2D eigenvalue weighted by molar-refractivity contribution is 5.39. The summed E-state index contributed by atoms with van der Waals surface area (Å²) in [4.78, 5) is 9.55. The Bertz CT molecular complexity index is 111. The van der Waals surface area contributed by atoms with Gasteiger partial charge in [-0.05, 0) is 13.8 Å². The van der Waals surface area contributed by atoms with E-state index in [1.807, 2.05) is 0 Å². The van der Waals surface area contributed by atoms with Crippen LogP contribution in [0.15, 0.2) is 11.5 Å². The van der Waals surface area contributed by atoms with Crippen molar-refractivity contribution in [1.29, 1.82) is 0 Å². The Morgan fingerprint density at radius 3 is 2.25 bits per heavy atom. The van der Waals surface area contributed by atoms with Gasteiger partial charge in [0.25, 0.3) is 6.47 Å². The second-order valence-electron chi connectivity index (χ2n) is 1.36. The van der Waals surface area contributed by atoms with Gasteiger partial charge in [0.15, 0.2) is 0 Å². The van der Waals surface area contributed by atoms with Gasteiger partial charge in [0.2, 0.25) is 0 Å². The van der Waals surface area contributed by atoms with Crippen LogP contribution in [0.1, 0.15) is 13.8 Å². The predicted octanol–water partition coefficient (Wildman–Crippen LogP) is 0.969. The molecule has 0 aliphatic heterocycles. The summed E-state index contributed by atoms with van der Waals surface area (Å²) in [6, 6.07) is 0. The van der Waals surface area contributed by atoms with E-state index in [2.05, 4.69) is 4.74 Å². The molecule has 0 aliphatic carbocycles. The summed E-state index contributed by atoms with van der Waals surface area (Å²) in [5.41, 5.74) is 0. The minimum atomic E-state index is 0.0251. The van der Waals surface area contributed by atoms with Gasteiger partial charge in [0.1, 0.15) is 11.5 Å². The Morgan fingerprint density at radius 1 is 1.62 bits per heavy atom. The van der Waals surface area contributed by atoms with Crippen LogP contribution in [0, 0.1) is 0 Å². The monoisotopic (exact) mass is 116 g/mol. The van der Waals surface area contributed by atoms with Crippen LogP contribution >= 0.6 is 0 Å². The standard InChI is InChI=1S/C5H8O3/c1-4(7)5(2)8-3-6/h3,7H,1-2H3/b5-4-. The van der Waals surface area contributed by atoms with Gasteiger partial charge in [-0.1, -0.05) is 0 Å². The van der Waals surface area contributed by atoms with E-state index in [9.17, 15) is 4.79 Å². The van der Waals surface area contributed by atoms with Crippen molar-refractivity contribution in [1.82, 2.24) is 0 Å². The highest BCUT2D eigenvalue weighted by Crippen LogP contribution is 1.97. The lowest BCUT2D eigenvalue weighted by Crippen LogP contribution is -1.87. The average molecular weight is 116 g/mol. The lowest BCUT2D eigenvalue weighted by molar-refractivity contribution is -0.125. The molecule has 0 atom stereocenters. The van der Waals surface area contributed by atoms with E-state index in [4.69, 9.17) is 5.11 Å². The van der Waals surface area contributed by atoms with Gasteiger partial charge >= 0.3 is 0 Å². The van der Waals surface area contributed by atoms with Gasteiger partial charge in [-0.2, -0.15) is 0 Å². The van der Waals surface area contributed by atoms with Crippen LogP contribution in [0.4, 0.5) is 0 Å². The molecule has 0 unspecified atom stereocenters. The van der Waals surface area contributed by atoms with Crippen LogP contribution < -0.4 is 0 Å². The molecule has 0 aromatic heterocycles. The SMILES string of the molecule is C/C(O)=C(\C)OC=O. The van der Waals surface area contributed by atoms with Gasteiger partial charge in [-0.3, -0.25) is 4.79 Å². The summed E-state index contributed by atoms with van der Waals surface area (Å²) < 4.78 is 4.25. The Kier molecular flexibility index (Phi) is 2.69. The molecule has 0 rings (SSSR count). The fourth-order valence-corrected chi connectivity index (χ4v) is 0.157. The van der Waals surface area contributed by atoms with Crippen molar-refractivity contribution in [3.63, 3.8) is 0 Å². The van der Waals surface area contributed by atoms with Gasteiger partial charge in [0, 0.05) is 0 Å². The normalized spacial score (nSPS) is 12.2. The van der Waals surface area contributed by atoms with Crippen LogP contribution in [0.3, 0.4) is 0 Å². The predicted molar refractivity (Wildman–Crippen MR) is 28.2 cm³/mol. The summed E-state index contributed by atoms with van der Waals surface area (Å²) in [5, 5.41) is 8.55. The Morgan fingerprint density at radius 2 is 2.12 bits per heavy atom. The van der Waals surface area contributed by atoms with Gasteiger partial charge < -0.3 is 9.84 Å². The maximum atomic E-state index is 9.55. The Balaban J connectivity index is 3.79. The summed E-state index contributed by atoms with van der Waals surface area (Å²) in [6.07, 6.45) is 0. The number of carbonyl (C=O) groups excluding carboxylic acids is 1. The number of aliphatic hydroxyl groups is 1. The Labute approximate surface area is 47.6 Å². The van der Waals surface area contributed by atoms with Crippen molar-refractivity contribution < 1.29 is 14.6 Å². The van der Waals surface area contributed by atoms with Crippen molar-refractivity contribution >= 4 is 6.47 Å². The van der Waals surface area contributed by atoms with Crippen molar-refractivity contribution in [2.45, 2.75) is 13.8 Å². The minimum Gasteiger partial charge on any atom is -0.509 e. The number of rotatable bonds is 2. The first-order valence-electron chi connectivity index (χ1n) is 2.15. The fraction of sp³-hybridized carbons (Fsp3) is 0.400. The minimum absolute atomic E-state index is 0.0251. The second kappa shape index (κ2) is 3.07. The molecule has 0 aromatic carbocycles. The van der Waals surface area contributed by atoms with E-state index in [0.29, 0.717) is 0 Å². The maximum Gasteiger partial charge on any atom is 0.298 e. The summed E-state index contributed by atoms with van der Waals surface area (Å²) in [5.74, 6) is 0.261. The highest BCUT2D eigenvalue weighted by atomic mass is 16.5. The lowest BCUT2D eigenvalue weighted by Gasteiger charge is -1.95. The van der Waals surface area contributed by atoms with E-state index < -0.39 is 0 Å². The summed E-state index contributed by atoms with van der Waals surface area (Å²) >= 11 is 0. The molecule has 0 fully saturated rings. The van der Waals surface area contributed by atoms with Crippen LogP contribution in [-0.2, 0) is 9.53 Å². The molecule has 3 nitrogen and oxygen atoms in total. The van der Waals surface area contributed by atoms with E-state index >= 15 is 0 Å². The molecule has 0 aromatic rings. The lowest BCUT2D eigenvalue weighted by atomic mass is 10.5. The zero-order valence-corrected chi connectivity index (χ0v) is 4.84. The van der Waals surface area contributed by atoms with E-state index in [1.165, 1.54) is 13.8 Å². The van der Waals surface area contributed by atoms with Crippen LogP contribution in [0.2, 0.25) is 0 Å². The zero-order chi connectivity index (χ0) is 6.57. The third kappa shape index (κ3) is 2.23. The molecular formula is C5H8O3. The molecule has 8 heavy (non-hydrogen) atoms. The molecule has 46 valence electrons. The van der Waals surface area contributed by atoms with E-state index in [1.54, 1.807) is 0 Å². The quantitative estimate of drug-likeness (QED) is 0.432. The first-order chi connectivity index (χ1) is 3.68. The van der Waals surface area contributed by atoms with Crippen LogP contribution in [0.5, 0.6) is 0 Å². The number of allylic oxidation sites excluding steroid dienone is 2. The summed E-state index contributed by atoms with van der Waals surface area (Å²) in [6.45, 7) is 3.22. The fourth-order valence-electron chi connectivity index (χ4n) is 0.157. The molecule has 0 bridgehead atoms. The smallest absolute Gasteiger partial charge is 0.298 e. The molecule has 0 aliphatic rings. The molecule has 0 radical (unpaired) electrons. The molecule has 0 spiro atoms.